The Bertz CT molecular complexity index is 1150. The maximum atomic E-state index is 13.1. The van der Waals surface area contributed by atoms with Crippen molar-refractivity contribution >= 4 is 11.9 Å². The molecule has 7 heteroatoms. The zero-order valence-corrected chi connectivity index (χ0v) is 20.6. The van der Waals surface area contributed by atoms with Crippen LogP contribution in [0.1, 0.15) is 36.4 Å². The number of imidazole rings is 1. The number of ether oxygens (including phenoxy) is 2. The van der Waals surface area contributed by atoms with Crippen LogP contribution in [-0.4, -0.2) is 46.6 Å². The summed E-state index contributed by atoms with van der Waals surface area (Å²) in [5.41, 5.74) is 4.82. The van der Waals surface area contributed by atoms with E-state index in [1.807, 2.05) is 60.7 Å². The van der Waals surface area contributed by atoms with E-state index in [4.69, 9.17) is 9.47 Å². The highest BCUT2D eigenvalue weighted by molar-refractivity contribution is 5.79. The summed E-state index contributed by atoms with van der Waals surface area (Å²) >= 11 is 0. The number of aryl methyl sites for hydroxylation is 2. The number of methoxy groups -OCH3 is 1. The van der Waals surface area contributed by atoms with E-state index in [0.29, 0.717) is 25.4 Å². The summed E-state index contributed by atoms with van der Waals surface area (Å²) < 4.78 is 12.6. The summed E-state index contributed by atoms with van der Waals surface area (Å²) in [5, 5.41) is 0. The molecular formula is C27H33N3O4. The van der Waals surface area contributed by atoms with Crippen molar-refractivity contribution in [2.75, 3.05) is 20.3 Å². The zero-order chi connectivity index (χ0) is 24.7. The molecule has 0 N–H and O–H groups in total. The van der Waals surface area contributed by atoms with Gasteiger partial charge in [0.25, 0.3) is 0 Å². The van der Waals surface area contributed by atoms with Crippen molar-refractivity contribution in [1.29, 1.82) is 0 Å². The largest absolute Gasteiger partial charge is 0.496 e. The minimum absolute atomic E-state index is 0.0269. The number of hydrogen-bond acceptors (Lipinski definition) is 5. The van der Waals surface area contributed by atoms with Gasteiger partial charge in [-0.15, -0.1) is 0 Å². The summed E-state index contributed by atoms with van der Waals surface area (Å²) in [7, 11) is 1.63. The fraction of sp³-hybridized carbons (Fsp3) is 0.370. The molecule has 7 nitrogen and oxygen atoms in total. The molecule has 0 unspecified atom stereocenters. The first-order valence-corrected chi connectivity index (χ1v) is 11.5. The Kier molecular flexibility index (Phi) is 8.46. The molecule has 0 atom stereocenters. The molecule has 0 fully saturated rings. The van der Waals surface area contributed by atoms with Crippen LogP contribution >= 0.6 is 0 Å². The third-order valence-electron chi connectivity index (χ3n) is 5.79. The number of rotatable bonds is 10. The van der Waals surface area contributed by atoms with Crippen LogP contribution in [0.4, 0.5) is 0 Å². The first-order valence-electron chi connectivity index (χ1n) is 11.5. The zero-order valence-electron chi connectivity index (χ0n) is 20.6. The van der Waals surface area contributed by atoms with Crippen molar-refractivity contribution in [2.24, 2.45) is 0 Å². The van der Waals surface area contributed by atoms with E-state index in [9.17, 15) is 9.59 Å². The Morgan fingerprint density at radius 2 is 1.85 bits per heavy atom. The van der Waals surface area contributed by atoms with Crippen LogP contribution in [0.15, 0.2) is 48.8 Å². The summed E-state index contributed by atoms with van der Waals surface area (Å²) in [6, 6.07) is 11.9. The maximum absolute atomic E-state index is 13.1. The molecule has 0 aliphatic rings. The Morgan fingerprint density at radius 1 is 1.06 bits per heavy atom. The second-order valence-electron chi connectivity index (χ2n) is 8.19. The first-order chi connectivity index (χ1) is 16.4. The van der Waals surface area contributed by atoms with Crippen LogP contribution in [0.3, 0.4) is 0 Å². The second-order valence-corrected chi connectivity index (χ2v) is 8.19. The number of aromatic nitrogens is 2. The molecule has 0 radical (unpaired) electrons. The average Bonchev–Trinajstić information content (AvgIpc) is 3.21. The fourth-order valence-electron chi connectivity index (χ4n) is 3.97. The third-order valence-corrected chi connectivity index (χ3v) is 5.79. The number of esters is 1. The van der Waals surface area contributed by atoms with Gasteiger partial charge in [0, 0.05) is 31.0 Å². The number of carbonyl (C=O) groups excluding carboxylic acids is 2. The van der Waals surface area contributed by atoms with Gasteiger partial charge in [-0.2, -0.15) is 0 Å². The van der Waals surface area contributed by atoms with Crippen LogP contribution in [0.2, 0.25) is 0 Å². The predicted octanol–water partition coefficient (Wildman–Crippen LogP) is 4.33. The van der Waals surface area contributed by atoms with Crippen molar-refractivity contribution in [2.45, 2.75) is 47.2 Å². The van der Waals surface area contributed by atoms with Gasteiger partial charge in [0.15, 0.2) is 0 Å². The normalized spacial score (nSPS) is 10.7. The molecule has 1 amide bonds. The second kappa shape index (κ2) is 11.5. The minimum Gasteiger partial charge on any atom is -0.496 e. The molecule has 0 saturated heterocycles. The molecular weight excluding hydrogens is 430 g/mol. The van der Waals surface area contributed by atoms with Crippen LogP contribution in [-0.2, 0) is 33.8 Å². The molecule has 180 valence electrons. The van der Waals surface area contributed by atoms with Gasteiger partial charge in [-0.1, -0.05) is 29.8 Å². The lowest BCUT2D eigenvalue weighted by Gasteiger charge is -2.24. The van der Waals surface area contributed by atoms with Gasteiger partial charge in [-0.25, -0.2) is 4.98 Å². The first kappa shape index (κ1) is 25.0. The van der Waals surface area contributed by atoms with Gasteiger partial charge in [0.2, 0.25) is 5.91 Å². The summed E-state index contributed by atoms with van der Waals surface area (Å²) in [5.74, 6) is 1.28. The Morgan fingerprint density at radius 3 is 2.50 bits per heavy atom. The third kappa shape index (κ3) is 6.04. The molecule has 3 aromatic rings. The van der Waals surface area contributed by atoms with E-state index in [2.05, 4.69) is 17.1 Å². The van der Waals surface area contributed by atoms with Crippen LogP contribution in [0.5, 0.6) is 5.75 Å². The monoisotopic (exact) mass is 463 g/mol. The lowest BCUT2D eigenvalue weighted by atomic mass is 9.94. The molecule has 2 aromatic carbocycles. The van der Waals surface area contributed by atoms with E-state index in [1.165, 1.54) is 0 Å². The van der Waals surface area contributed by atoms with Gasteiger partial charge in [-0.05, 0) is 56.5 Å². The molecule has 3 rings (SSSR count). The van der Waals surface area contributed by atoms with Crippen LogP contribution in [0, 0.1) is 13.8 Å². The van der Waals surface area contributed by atoms with Gasteiger partial charge in [0.05, 0.1) is 20.1 Å². The lowest BCUT2D eigenvalue weighted by Crippen LogP contribution is -2.33. The summed E-state index contributed by atoms with van der Waals surface area (Å²) in [4.78, 5) is 31.2. The topological polar surface area (TPSA) is 73.7 Å². The van der Waals surface area contributed by atoms with E-state index >= 15 is 0 Å². The van der Waals surface area contributed by atoms with E-state index in [1.54, 1.807) is 20.2 Å². The number of carbonyl (C=O) groups is 2. The standard InChI is InChI=1S/C27H33N3O4/c1-6-29(26(31)18-30-13-12-28-20(30)4)17-22-14-19(3)8-10-23(22)24-15-21(9-11-25(24)33-5)16-27(32)34-7-2/h8-15H,6-7,16-18H2,1-5H3. The molecule has 0 bridgehead atoms. The van der Waals surface area contributed by atoms with Gasteiger partial charge in [-0.3, -0.25) is 9.59 Å². The summed E-state index contributed by atoms with van der Waals surface area (Å²) in [6.45, 7) is 9.35. The highest BCUT2D eigenvalue weighted by Gasteiger charge is 2.18. The van der Waals surface area contributed by atoms with Crippen molar-refractivity contribution < 1.29 is 19.1 Å². The van der Waals surface area contributed by atoms with Crippen molar-refractivity contribution in [3.8, 4) is 16.9 Å². The van der Waals surface area contributed by atoms with E-state index in [-0.39, 0.29) is 24.8 Å². The summed E-state index contributed by atoms with van der Waals surface area (Å²) in [6.07, 6.45) is 3.71. The highest BCUT2D eigenvalue weighted by Crippen LogP contribution is 2.34. The maximum Gasteiger partial charge on any atom is 0.310 e. The number of amides is 1. The average molecular weight is 464 g/mol. The molecule has 34 heavy (non-hydrogen) atoms. The van der Waals surface area contributed by atoms with E-state index in [0.717, 1.165) is 33.6 Å². The Balaban J connectivity index is 1.94. The van der Waals surface area contributed by atoms with Crippen molar-refractivity contribution in [1.82, 2.24) is 14.5 Å². The number of likely N-dealkylation sites (N-methyl/N-ethyl adjacent to an activating group) is 1. The Hall–Kier alpha value is -3.61. The minimum atomic E-state index is -0.264. The Labute approximate surface area is 201 Å². The van der Waals surface area contributed by atoms with Gasteiger partial charge < -0.3 is 18.9 Å². The van der Waals surface area contributed by atoms with Gasteiger partial charge in [0.1, 0.15) is 18.1 Å². The number of nitrogens with zero attached hydrogens (tertiary/aromatic N) is 3. The number of benzene rings is 2. The van der Waals surface area contributed by atoms with Crippen molar-refractivity contribution in [3.63, 3.8) is 0 Å². The van der Waals surface area contributed by atoms with Gasteiger partial charge >= 0.3 is 5.97 Å². The van der Waals surface area contributed by atoms with Crippen molar-refractivity contribution in [3.05, 3.63) is 71.3 Å². The predicted molar refractivity (Wildman–Crippen MR) is 132 cm³/mol. The molecule has 0 saturated carbocycles. The lowest BCUT2D eigenvalue weighted by molar-refractivity contribution is -0.142. The molecule has 0 spiro atoms. The smallest absolute Gasteiger partial charge is 0.310 e. The molecule has 0 aliphatic carbocycles. The van der Waals surface area contributed by atoms with Crippen LogP contribution < -0.4 is 4.74 Å². The molecule has 1 aromatic heterocycles. The number of hydrogen-bond donors (Lipinski definition) is 0. The SMILES string of the molecule is CCOC(=O)Cc1ccc(OC)c(-c2ccc(C)cc2CN(CC)C(=O)Cn2ccnc2C)c1. The van der Waals surface area contributed by atoms with Crippen LogP contribution in [0.25, 0.3) is 11.1 Å². The quantitative estimate of drug-likeness (QED) is 0.419. The fourth-order valence-corrected chi connectivity index (χ4v) is 3.97. The van der Waals surface area contributed by atoms with E-state index < -0.39 is 0 Å². The molecule has 1 heterocycles. The highest BCUT2D eigenvalue weighted by atomic mass is 16.5. The molecule has 0 aliphatic heterocycles.